The topological polar surface area (TPSA) is 90.7 Å². The molecule has 1 aliphatic heterocycles. The lowest BCUT2D eigenvalue weighted by molar-refractivity contribution is -0.192. The molecule has 2 N–H and O–H groups in total. The molecule has 1 fully saturated rings. The van der Waals surface area contributed by atoms with Crippen LogP contribution in [0.5, 0.6) is 0 Å². The molecule has 1 amide bonds. The minimum Gasteiger partial charge on any atom is -0.475 e. The lowest BCUT2D eigenvalue weighted by Crippen LogP contribution is -2.41. The summed E-state index contributed by atoms with van der Waals surface area (Å²) in [4.78, 5) is 27.3. The molecule has 1 saturated heterocycles. The van der Waals surface area contributed by atoms with Gasteiger partial charge in [-0.1, -0.05) is 36.4 Å². The Hall–Kier alpha value is -2.94. The van der Waals surface area contributed by atoms with E-state index in [0.717, 1.165) is 5.56 Å². The maximum atomic E-state index is 12.5. The van der Waals surface area contributed by atoms with E-state index in [1.807, 2.05) is 30.3 Å². The average molecular weight is 396 g/mol. The molecule has 9 heteroatoms. The smallest absolute Gasteiger partial charge is 0.475 e. The zero-order valence-corrected chi connectivity index (χ0v) is 14.7. The third-order valence-corrected chi connectivity index (χ3v) is 4.19. The van der Waals surface area contributed by atoms with Crippen molar-refractivity contribution in [2.45, 2.75) is 31.2 Å². The second kappa shape index (κ2) is 9.32. The molecule has 150 valence electrons. The summed E-state index contributed by atoms with van der Waals surface area (Å²) in [5.74, 6) is -2.86. The summed E-state index contributed by atoms with van der Waals surface area (Å²) in [7, 11) is 0. The van der Waals surface area contributed by atoms with Crippen LogP contribution in [0.15, 0.2) is 54.7 Å². The quantitative estimate of drug-likeness (QED) is 0.832. The Kier molecular flexibility index (Phi) is 7.11. The van der Waals surface area contributed by atoms with Crippen LogP contribution in [0.4, 0.5) is 13.2 Å². The predicted molar refractivity (Wildman–Crippen MR) is 93.5 cm³/mol. The fourth-order valence-corrected chi connectivity index (χ4v) is 2.83. The first-order chi connectivity index (χ1) is 13.2. The number of amides is 1. The van der Waals surface area contributed by atoms with Gasteiger partial charge in [0.2, 0.25) is 0 Å². The van der Waals surface area contributed by atoms with Gasteiger partial charge in [-0.2, -0.15) is 13.2 Å². The lowest BCUT2D eigenvalue weighted by Gasteiger charge is -2.26. The molecule has 2 aromatic rings. The summed E-state index contributed by atoms with van der Waals surface area (Å²) < 4.78 is 31.7. The fourth-order valence-electron chi connectivity index (χ4n) is 2.83. The highest BCUT2D eigenvalue weighted by molar-refractivity contribution is 5.92. The first-order valence-corrected chi connectivity index (χ1v) is 8.44. The summed E-state index contributed by atoms with van der Waals surface area (Å²) in [5.41, 5.74) is 1.56. The number of carbonyl (C=O) groups excluding carboxylic acids is 1. The lowest BCUT2D eigenvalue weighted by atomic mass is 10.0. The van der Waals surface area contributed by atoms with Crippen molar-refractivity contribution in [3.05, 3.63) is 66.0 Å². The SMILES string of the molecule is O=C(O)C(F)(F)F.O=C(c1ccccn1)N1CC[C@H](O)[C@@H]1Cc1ccccc1. The zero-order valence-electron chi connectivity index (χ0n) is 14.7. The van der Waals surface area contributed by atoms with Crippen LogP contribution < -0.4 is 0 Å². The van der Waals surface area contributed by atoms with Crippen LogP contribution >= 0.6 is 0 Å². The van der Waals surface area contributed by atoms with Crippen molar-refractivity contribution in [2.75, 3.05) is 6.54 Å². The first kappa shape index (κ1) is 21.4. The highest BCUT2D eigenvalue weighted by Gasteiger charge is 2.38. The summed E-state index contributed by atoms with van der Waals surface area (Å²) in [6.45, 7) is 0.577. The van der Waals surface area contributed by atoms with Crippen LogP contribution in [0.1, 0.15) is 22.5 Å². The number of aliphatic hydroxyl groups excluding tert-OH is 1. The molecule has 1 aromatic carbocycles. The van der Waals surface area contributed by atoms with E-state index in [0.29, 0.717) is 25.1 Å². The van der Waals surface area contributed by atoms with Crippen molar-refractivity contribution in [3.8, 4) is 0 Å². The van der Waals surface area contributed by atoms with Crippen molar-refractivity contribution in [2.24, 2.45) is 0 Å². The van der Waals surface area contributed by atoms with Gasteiger partial charge in [0.25, 0.3) is 5.91 Å². The second-order valence-electron chi connectivity index (χ2n) is 6.13. The van der Waals surface area contributed by atoms with Gasteiger partial charge in [0.15, 0.2) is 0 Å². The van der Waals surface area contributed by atoms with E-state index in [1.165, 1.54) is 0 Å². The number of carboxylic acid groups (broad SMARTS) is 1. The number of pyridine rings is 1. The third-order valence-electron chi connectivity index (χ3n) is 4.19. The highest BCUT2D eigenvalue weighted by Crippen LogP contribution is 2.23. The van der Waals surface area contributed by atoms with E-state index in [-0.39, 0.29) is 11.9 Å². The van der Waals surface area contributed by atoms with Gasteiger partial charge in [-0.25, -0.2) is 4.79 Å². The Morgan fingerprint density at radius 3 is 2.25 bits per heavy atom. The zero-order chi connectivity index (χ0) is 20.7. The molecule has 2 heterocycles. The Morgan fingerprint density at radius 2 is 1.71 bits per heavy atom. The molecular weight excluding hydrogens is 377 g/mol. The van der Waals surface area contributed by atoms with Gasteiger partial charge < -0.3 is 15.1 Å². The molecule has 6 nitrogen and oxygen atoms in total. The number of aliphatic hydroxyl groups is 1. The van der Waals surface area contributed by atoms with E-state index >= 15 is 0 Å². The summed E-state index contributed by atoms with van der Waals surface area (Å²) >= 11 is 0. The number of carbonyl (C=O) groups is 2. The summed E-state index contributed by atoms with van der Waals surface area (Å²) in [6.07, 6.45) is -2.65. The standard InChI is InChI=1S/C17H18N2O2.C2HF3O2/c20-16-9-11-19(17(21)14-8-4-5-10-18-14)15(16)12-13-6-2-1-3-7-13;3-2(4,5)1(6)7/h1-8,10,15-16,20H,9,11-12H2;(H,6,7)/t15-,16-;/m0./s1. The highest BCUT2D eigenvalue weighted by atomic mass is 19.4. The molecule has 3 rings (SSSR count). The number of hydrogen-bond donors (Lipinski definition) is 2. The van der Waals surface area contributed by atoms with E-state index < -0.39 is 18.2 Å². The van der Waals surface area contributed by atoms with Crippen LogP contribution in [0.2, 0.25) is 0 Å². The molecular formula is C19H19F3N2O4. The Bertz CT molecular complexity index is 785. The number of hydrogen-bond acceptors (Lipinski definition) is 4. The summed E-state index contributed by atoms with van der Waals surface area (Å²) in [5, 5.41) is 17.3. The van der Waals surface area contributed by atoms with E-state index in [1.54, 1.807) is 29.3 Å². The van der Waals surface area contributed by atoms with E-state index in [2.05, 4.69) is 4.98 Å². The molecule has 0 unspecified atom stereocenters. The molecule has 0 saturated carbocycles. The number of alkyl halides is 3. The van der Waals surface area contributed by atoms with Gasteiger partial charge in [-0.3, -0.25) is 9.78 Å². The number of carboxylic acids is 1. The number of aromatic nitrogens is 1. The first-order valence-electron chi connectivity index (χ1n) is 8.44. The van der Waals surface area contributed by atoms with Gasteiger partial charge in [-0.05, 0) is 30.5 Å². The van der Waals surface area contributed by atoms with Crippen molar-refractivity contribution in [1.29, 1.82) is 0 Å². The van der Waals surface area contributed by atoms with Gasteiger partial charge in [0, 0.05) is 12.7 Å². The van der Waals surface area contributed by atoms with Crippen LogP contribution in [0.25, 0.3) is 0 Å². The number of benzene rings is 1. The van der Waals surface area contributed by atoms with Gasteiger partial charge >= 0.3 is 12.1 Å². The third kappa shape index (κ3) is 5.78. The molecule has 1 aromatic heterocycles. The molecule has 0 radical (unpaired) electrons. The Morgan fingerprint density at radius 1 is 1.11 bits per heavy atom. The predicted octanol–water partition coefficient (Wildman–Crippen LogP) is 2.53. The molecule has 1 aliphatic rings. The van der Waals surface area contributed by atoms with Crippen molar-refractivity contribution < 1.29 is 33.0 Å². The minimum atomic E-state index is -5.08. The number of rotatable bonds is 3. The monoisotopic (exact) mass is 396 g/mol. The van der Waals surface area contributed by atoms with Crippen LogP contribution in [-0.4, -0.2) is 56.8 Å². The second-order valence-corrected chi connectivity index (χ2v) is 6.13. The van der Waals surface area contributed by atoms with Crippen LogP contribution in [0.3, 0.4) is 0 Å². The van der Waals surface area contributed by atoms with Crippen molar-refractivity contribution in [1.82, 2.24) is 9.88 Å². The normalized spacial score (nSPS) is 18.9. The molecule has 0 aliphatic carbocycles. The Labute approximate surface area is 159 Å². The van der Waals surface area contributed by atoms with E-state index in [4.69, 9.17) is 9.90 Å². The number of halogens is 3. The minimum absolute atomic E-state index is 0.104. The Balaban J connectivity index is 0.000000345. The number of likely N-dealkylation sites (tertiary alicyclic amines) is 1. The van der Waals surface area contributed by atoms with Gasteiger partial charge in [-0.15, -0.1) is 0 Å². The van der Waals surface area contributed by atoms with Crippen molar-refractivity contribution >= 4 is 11.9 Å². The maximum Gasteiger partial charge on any atom is 0.490 e. The van der Waals surface area contributed by atoms with Gasteiger partial charge in [0.05, 0.1) is 12.1 Å². The van der Waals surface area contributed by atoms with Crippen molar-refractivity contribution in [3.63, 3.8) is 0 Å². The van der Waals surface area contributed by atoms with E-state index in [9.17, 15) is 23.1 Å². The molecule has 2 atom stereocenters. The molecule has 0 bridgehead atoms. The maximum absolute atomic E-state index is 12.5. The fraction of sp³-hybridized carbons (Fsp3) is 0.316. The average Bonchev–Trinajstić information content (AvgIpc) is 3.03. The number of aliphatic carboxylic acids is 1. The van der Waals surface area contributed by atoms with Crippen LogP contribution in [-0.2, 0) is 11.2 Å². The summed E-state index contributed by atoms with van der Waals surface area (Å²) in [6, 6.07) is 15.1. The molecule has 0 spiro atoms. The molecule has 28 heavy (non-hydrogen) atoms. The largest absolute Gasteiger partial charge is 0.490 e. The van der Waals surface area contributed by atoms with Gasteiger partial charge in [0.1, 0.15) is 5.69 Å². The van der Waals surface area contributed by atoms with Crippen LogP contribution in [0, 0.1) is 0 Å². The number of nitrogens with zero attached hydrogens (tertiary/aromatic N) is 2.